The van der Waals surface area contributed by atoms with Gasteiger partial charge in [-0.15, -0.1) is 0 Å². The Morgan fingerprint density at radius 2 is 1.70 bits per heavy atom. The van der Waals surface area contributed by atoms with Crippen LogP contribution in [0.15, 0.2) is 46.1 Å². The van der Waals surface area contributed by atoms with Crippen molar-refractivity contribution in [2.24, 2.45) is 5.92 Å². The number of rotatable bonds is 4. The Kier molecular flexibility index (Phi) is 5.16. The van der Waals surface area contributed by atoms with Gasteiger partial charge in [-0.25, -0.2) is 22.0 Å². The summed E-state index contributed by atoms with van der Waals surface area (Å²) in [4.78, 5) is 28.8. The van der Waals surface area contributed by atoms with Crippen LogP contribution in [0.5, 0.6) is 0 Å². The number of anilines is 1. The molecule has 158 valence electrons. The van der Waals surface area contributed by atoms with Gasteiger partial charge in [-0.2, -0.15) is 4.31 Å². The van der Waals surface area contributed by atoms with Crippen molar-refractivity contribution in [1.29, 1.82) is 0 Å². The van der Waals surface area contributed by atoms with E-state index in [4.69, 9.17) is 0 Å². The lowest BCUT2D eigenvalue weighted by Gasteiger charge is -2.30. The first-order chi connectivity index (χ1) is 14.2. The monoisotopic (exact) mass is 436 g/mol. The molecule has 0 radical (unpaired) electrons. The van der Waals surface area contributed by atoms with Gasteiger partial charge in [-0.05, 0) is 49.2 Å². The molecular formula is C19H18F2N4O4S. The van der Waals surface area contributed by atoms with Crippen LogP contribution in [0.3, 0.4) is 0 Å². The summed E-state index contributed by atoms with van der Waals surface area (Å²) in [5.41, 5.74) is 1.35. The van der Waals surface area contributed by atoms with Gasteiger partial charge >= 0.3 is 5.69 Å². The van der Waals surface area contributed by atoms with Crippen molar-refractivity contribution < 1.29 is 22.0 Å². The number of aromatic amines is 2. The minimum Gasteiger partial charge on any atom is -0.326 e. The number of amides is 1. The number of imidazole rings is 1. The van der Waals surface area contributed by atoms with Crippen LogP contribution in [0.2, 0.25) is 0 Å². The molecule has 0 atom stereocenters. The number of benzene rings is 2. The standard InChI is InChI=1S/C19H18F2N4O4S/c20-14-3-2-13(10-15(14)21)30(28,29)25-7-5-11(6-8-25)18(26)22-12-1-4-16-17(9-12)24-19(27)23-16/h1-4,9-11H,5-8H2,(H,22,26)(H2,23,24,27). The molecule has 1 aliphatic heterocycles. The number of aromatic nitrogens is 2. The third kappa shape index (κ3) is 3.85. The Balaban J connectivity index is 1.41. The number of hydrogen-bond acceptors (Lipinski definition) is 4. The van der Waals surface area contributed by atoms with E-state index in [2.05, 4.69) is 15.3 Å². The van der Waals surface area contributed by atoms with Crippen molar-refractivity contribution in [2.75, 3.05) is 18.4 Å². The van der Waals surface area contributed by atoms with E-state index in [1.54, 1.807) is 18.2 Å². The molecule has 0 spiro atoms. The molecule has 8 nitrogen and oxygen atoms in total. The molecule has 1 fully saturated rings. The van der Waals surface area contributed by atoms with E-state index >= 15 is 0 Å². The van der Waals surface area contributed by atoms with E-state index < -0.39 is 27.6 Å². The zero-order chi connectivity index (χ0) is 21.5. The fourth-order valence-electron chi connectivity index (χ4n) is 3.50. The molecule has 0 unspecified atom stereocenters. The largest absolute Gasteiger partial charge is 0.326 e. The molecule has 0 saturated carbocycles. The van der Waals surface area contributed by atoms with Crippen LogP contribution in [0.4, 0.5) is 14.5 Å². The number of sulfonamides is 1. The summed E-state index contributed by atoms with van der Waals surface area (Å²) >= 11 is 0. The number of fused-ring (bicyclic) bond motifs is 1. The highest BCUT2D eigenvalue weighted by Crippen LogP contribution is 2.26. The summed E-state index contributed by atoms with van der Waals surface area (Å²) in [5.74, 6) is -3.00. The minimum atomic E-state index is -3.97. The molecule has 3 N–H and O–H groups in total. The highest BCUT2D eigenvalue weighted by Gasteiger charge is 2.32. The van der Waals surface area contributed by atoms with Crippen LogP contribution in [0, 0.1) is 17.6 Å². The van der Waals surface area contributed by atoms with Crippen LogP contribution in [0.1, 0.15) is 12.8 Å². The molecule has 1 saturated heterocycles. The first-order valence-corrected chi connectivity index (χ1v) is 10.7. The topological polar surface area (TPSA) is 115 Å². The second-order valence-electron chi connectivity index (χ2n) is 7.08. The molecule has 1 aromatic heterocycles. The maximum Gasteiger partial charge on any atom is 0.323 e. The average molecular weight is 436 g/mol. The summed E-state index contributed by atoms with van der Waals surface area (Å²) < 4.78 is 53.0. The van der Waals surface area contributed by atoms with Crippen LogP contribution in [-0.4, -0.2) is 41.7 Å². The fraction of sp³-hybridized carbons (Fsp3) is 0.263. The Morgan fingerprint density at radius 3 is 2.40 bits per heavy atom. The van der Waals surface area contributed by atoms with Gasteiger partial charge in [0.1, 0.15) is 0 Å². The number of carbonyl (C=O) groups is 1. The number of carbonyl (C=O) groups excluding carboxylic acids is 1. The third-order valence-corrected chi connectivity index (χ3v) is 7.03. The molecular weight excluding hydrogens is 418 g/mol. The van der Waals surface area contributed by atoms with Crippen molar-refractivity contribution in [2.45, 2.75) is 17.7 Å². The first-order valence-electron chi connectivity index (χ1n) is 9.22. The van der Waals surface area contributed by atoms with Gasteiger partial charge in [0.2, 0.25) is 15.9 Å². The summed E-state index contributed by atoms with van der Waals surface area (Å²) in [6.07, 6.45) is 0.579. The summed E-state index contributed by atoms with van der Waals surface area (Å²) in [6.45, 7) is 0.174. The lowest BCUT2D eigenvalue weighted by molar-refractivity contribution is -0.120. The molecule has 11 heteroatoms. The SMILES string of the molecule is O=C(Nc1ccc2[nH]c(=O)[nH]c2c1)C1CCN(S(=O)(=O)c2ccc(F)c(F)c2)CC1. The van der Waals surface area contributed by atoms with Gasteiger partial charge in [-0.3, -0.25) is 4.79 Å². The molecule has 3 aromatic rings. The number of H-pyrrole nitrogens is 2. The average Bonchev–Trinajstić information content (AvgIpc) is 3.09. The second kappa shape index (κ2) is 7.65. The number of nitrogens with zero attached hydrogens (tertiary/aromatic N) is 1. The normalized spacial score (nSPS) is 16.1. The van der Waals surface area contributed by atoms with Crippen molar-refractivity contribution in [3.8, 4) is 0 Å². The minimum absolute atomic E-state index is 0.0869. The van der Waals surface area contributed by atoms with Gasteiger partial charge in [0.15, 0.2) is 11.6 Å². The Bertz CT molecular complexity index is 1280. The van der Waals surface area contributed by atoms with E-state index in [-0.39, 0.29) is 42.4 Å². The van der Waals surface area contributed by atoms with Crippen LogP contribution >= 0.6 is 0 Å². The second-order valence-corrected chi connectivity index (χ2v) is 9.02. The lowest BCUT2D eigenvalue weighted by Crippen LogP contribution is -2.41. The molecule has 1 amide bonds. The molecule has 30 heavy (non-hydrogen) atoms. The zero-order valence-electron chi connectivity index (χ0n) is 15.6. The number of hydrogen-bond donors (Lipinski definition) is 3. The zero-order valence-corrected chi connectivity index (χ0v) is 16.4. The smallest absolute Gasteiger partial charge is 0.323 e. The molecule has 0 bridgehead atoms. The summed E-state index contributed by atoms with van der Waals surface area (Å²) in [5, 5.41) is 2.78. The highest BCUT2D eigenvalue weighted by molar-refractivity contribution is 7.89. The molecule has 0 aliphatic carbocycles. The Hall–Kier alpha value is -3.05. The van der Waals surface area contributed by atoms with E-state index in [0.29, 0.717) is 22.8 Å². The molecule has 2 aromatic carbocycles. The molecule has 4 rings (SSSR count). The fourth-order valence-corrected chi connectivity index (χ4v) is 4.98. The maximum atomic E-state index is 13.4. The van der Waals surface area contributed by atoms with Crippen molar-refractivity contribution in [1.82, 2.24) is 14.3 Å². The molecule has 1 aliphatic rings. The summed E-state index contributed by atoms with van der Waals surface area (Å²) in [6, 6.07) is 7.41. The van der Waals surface area contributed by atoms with E-state index in [9.17, 15) is 26.8 Å². The molecule has 2 heterocycles. The Morgan fingerprint density at radius 1 is 1.00 bits per heavy atom. The maximum absolute atomic E-state index is 13.4. The van der Waals surface area contributed by atoms with Gasteiger partial charge < -0.3 is 15.3 Å². The van der Waals surface area contributed by atoms with E-state index in [1.165, 1.54) is 4.31 Å². The van der Waals surface area contributed by atoms with Crippen LogP contribution < -0.4 is 11.0 Å². The predicted molar refractivity (Wildman–Crippen MR) is 105 cm³/mol. The van der Waals surface area contributed by atoms with Gasteiger partial charge in [0, 0.05) is 24.7 Å². The van der Waals surface area contributed by atoms with Gasteiger partial charge in [0.05, 0.1) is 15.9 Å². The van der Waals surface area contributed by atoms with E-state index in [1.807, 2.05) is 0 Å². The lowest BCUT2D eigenvalue weighted by atomic mass is 9.97. The highest BCUT2D eigenvalue weighted by atomic mass is 32.2. The number of halogens is 2. The number of nitrogens with one attached hydrogen (secondary N) is 3. The first kappa shape index (κ1) is 20.2. The van der Waals surface area contributed by atoms with Crippen molar-refractivity contribution >= 4 is 32.7 Å². The third-order valence-electron chi connectivity index (χ3n) is 5.14. The predicted octanol–water partition coefficient (Wildman–Crippen LogP) is 2.17. The summed E-state index contributed by atoms with van der Waals surface area (Å²) in [7, 11) is -3.97. The van der Waals surface area contributed by atoms with Crippen molar-refractivity contribution in [3.63, 3.8) is 0 Å². The van der Waals surface area contributed by atoms with Gasteiger partial charge in [-0.1, -0.05) is 0 Å². The van der Waals surface area contributed by atoms with Gasteiger partial charge in [0.25, 0.3) is 0 Å². The van der Waals surface area contributed by atoms with Crippen LogP contribution in [-0.2, 0) is 14.8 Å². The van der Waals surface area contributed by atoms with E-state index in [0.717, 1.165) is 12.1 Å². The quantitative estimate of drug-likeness (QED) is 0.581. The Labute approximate surface area is 170 Å². The van der Waals surface area contributed by atoms with Crippen molar-refractivity contribution in [3.05, 3.63) is 58.5 Å². The van der Waals surface area contributed by atoms with Crippen LogP contribution in [0.25, 0.3) is 11.0 Å². The number of piperidine rings is 1.